The molecule has 0 aromatic carbocycles. The average Bonchev–Trinajstić information content (AvgIpc) is 2.96. The molecule has 0 bridgehead atoms. The molecule has 0 aromatic rings. The lowest BCUT2D eigenvalue weighted by atomic mass is 10.3. The van der Waals surface area contributed by atoms with Crippen LogP contribution in [0, 0.1) is 0 Å². The fraction of sp³-hybridized carbons (Fsp3) is 0.647. The molecular weight excluding hydrogens is 278 g/mol. The van der Waals surface area contributed by atoms with Gasteiger partial charge in [-0.2, -0.15) is 0 Å². The number of unbranched alkanes of at least 4 members (excludes halogenated alkanes) is 1. The van der Waals surface area contributed by atoms with Gasteiger partial charge in [0.2, 0.25) is 11.8 Å². The molecule has 0 aromatic heterocycles. The van der Waals surface area contributed by atoms with E-state index in [1.807, 2.05) is 0 Å². The number of carbonyl (C=O) groups is 2. The fourth-order valence-corrected chi connectivity index (χ4v) is 2.15. The van der Waals surface area contributed by atoms with E-state index in [2.05, 4.69) is 37.2 Å². The largest absolute Gasteiger partial charge is 0.353 e. The Kier molecular flexibility index (Phi) is 12.1. The first-order chi connectivity index (χ1) is 10.6. The number of carbonyl (C=O) groups excluding carboxylic acids is 2. The Morgan fingerprint density at radius 2 is 2.00 bits per heavy atom. The molecule has 126 valence electrons. The Labute approximate surface area is 135 Å². The number of likely N-dealkylation sites (tertiary alicyclic amines) is 1. The second-order valence-electron chi connectivity index (χ2n) is 5.10. The van der Waals surface area contributed by atoms with Crippen LogP contribution in [0.1, 0.15) is 39.5 Å². The molecule has 0 unspecified atom stereocenters. The normalized spacial score (nSPS) is 13.6. The Bertz CT molecular complexity index is 352. The molecule has 5 nitrogen and oxygen atoms in total. The highest BCUT2D eigenvalue weighted by Crippen LogP contribution is 2.08. The van der Waals surface area contributed by atoms with Crippen LogP contribution in [0.3, 0.4) is 0 Å². The van der Waals surface area contributed by atoms with Crippen molar-refractivity contribution in [2.45, 2.75) is 39.5 Å². The predicted octanol–water partition coefficient (Wildman–Crippen LogP) is 2.16. The van der Waals surface area contributed by atoms with E-state index in [1.165, 1.54) is 6.08 Å². The van der Waals surface area contributed by atoms with Crippen molar-refractivity contribution < 1.29 is 9.59 Å². The Morgan fingerprint density at radius 3 is 2.41 bits per heavy atom. The minimum atomic E-state index is -0.0761. The lowest BCUT2D eigenvalue weighted by Crippen LogP contribution is -2.26. The smallest absolute Gasteiger partial charge is 0.243 e. The molecule has 22 heavy (non-hydrogen) atoms. The first kappa shape index (κ1) is 20.4. The van der Waals surface area contributed by atoms with E-state index in [0.29, 0.717) is 6.42 Å². The first-order valence-corrected chi connectivity index (χ1v) is 8.13. The molecule has 5 heteroatoms. The maximum atomic E-state index is 10.8. The molecule has 1 saturated heterocycles. The minimum absolute atomic E-state index is 0.0761. The summed E-state index contributed by atoms with van der Waals surface area (Å²) in [4.78, 5) is 25.5. The van der Waals surface area contributed by atoms with Gasteiger partial charge >= 0.3 is 0 Å². The van der Waals surface area contributed by atoms with Crippen LogP contribution in [0.2, 0.25) is 0 Å². The molecule has 1 fully saturated rings. The summed E-state index contributed by atoms with van der Waals surface area (Å²) in [5, 5.41) is 2.77. The van der Waals surface area contributed by atoms with Gasteiger partial charge < -0.3 is 15.1 Å². The molecule has 1 N–H and O–H groups in total. The third-order valence-electron chi connectivity index (χ3n) is 3.61. The second kappa shape index (κ2) is 13.1. The maximum Gasteiger partial charge on any atom is 0.243 e. The monoisotopic (exact) mass is 309 g/mol. The molecular formula is C17H31N3O2. The van der Waals surface area contributed by atoms with Crippen molar-refractivity contribution in [3.05, 3.63) is 25.4 Å². The molecule has 2 amide bonds. The van der Waals surface area contributed by atoms with Crippen molar-refractivity contribution in [2.75, 3.05) is 32.7 Å². The number of rotatable bonds is 9. The van der Waals surface area contributed by atoms with Crippen LogP contribution in [0.25, 0.3) is 0 Å². The van der Waals surface area contributed by atoms with Crippen molar-refractivity contribution in [2.24, 2.45) is 0 Å². The lowest BCUT2D eigenvalue weighted by Gasteiger charge is -2.17. The fourth-order valence-electron chi connectivity index (χ4n) is 2.15. The van der Waals surface area contributed by atoms with Crippen LogP contribution in [0.5, 0.6) is 0 Å². The standard InChI is InChI=1S/C11H22N2O.C6H9NO/c1-4-11(14)12-9-7-8-10-13(5-2)6-3;1-2-7-5-3-4-6(7)8/h4H,1,5-10H2,2-3H3,(H,12,14);2H,1,3-5H2. The molecule has 0 aliphatic carbocycles. The van der Waals surface area contributed by atoms with Gasteiger partial charge in [0.1, 0.15) is 0 Å². The molecule has 1 aliphatic rings. The predicted molar refractivity (Wildman–Crippen MR) is 91.4 cm³/mol. The molecule has 1 aliphatic heterocycles. The van der Waals surface area contributed by atoms with Crippen molar-refractivity contribution in [1.29, 1.82) is 0 Å². The first-order valence-electron chi connectivity index (χ1n) is 8.13. The molecule has 0 atom stereocenters. The zero-order valence-electron chi connectivity index (χ0n) is 14.1. The van der Waals surface area contributed by atoms with Crippen LogP contribution >= 0.6 is 0 Å². The summed E-state index contributed by atoms with van der Waals surface area (Å²) in [5.74, 6) is 0.132. The molecule has 0 spiro atoms. The van der Waals surface area contributed by atoms with Crippen molar-refractivity contribution in [3.63, 3.8) is 0 Å². The van der Waals surface area contributed by atoms with E-state index in [1.54, 1.807) is 11.1 Å². The van der Waals surface area contributed by atoms with E-state index in [4.69, 9.17) is 0 Å². The minimum Gasteiger partial charge on any atom is -0.353 e. The SMILES string of the molecule is C=CC(=O)NCCCCN(CC)CC.C=CN1CCCC1=O. The number of hydrogen-bond donors (Lipinski definition) is 1. The Balaban J connectivity index is 0.000000461. The van der Waals surface area contributed by atoms with Crippen molar-refractivity contribution in [1.82, 2.24) is 15.1 Å². The Morgan fingerprint density at radius 1 is 1.32 bits per heavy atom. The summed E-state index contributed by atoms with van der Waals surface area (Å²) in [7, 11) is 0. The van der Waals surface area contributed by atoms with Crippen LogP contribution < -0.4 is 5.32 Å². The van der Waals surface area contributed by atoms with Crippen LogP contribution in [-0.4, -0.2) is 54.3 Å². The van der Waals surface area contributed by atoms with E-state index in [-0.39, 0.29) is 11.8 Å². The zero-order valence-corrected chi connectivity index (χ0v) is 14.1. The summed E-state index contributed by atoms with van der Waals surface area (Å²) >= 11 is 0. The second-order valence-corrected chi connectivity index (χ2v) is 5.10. The highest BCUT2D eigenvalue weighted by atomic mass is 16.2. The van der Waals surface area contributed by atoms with E-state index in [0.717, 1.165) is 52.0 Å². The number of nitrogens with one attached hydrogen (secondary N) is 1. The molecule has 1 heterocycles. The highest BCUT2D eigenvalue weighted by Gasteiger charge is 2.16. The Hall–Kier alpha value is -1.62. The van der Waals surface area contributed by atoms with Gasteiger partial charge in [-0.3, -0.25) is 9.59 Å². The summed E-state index contributed by atoms with van der Waals surface area (Å²) in [6, 6.07) is 0. The van der Waals surface area contributed by atoms with Gasteiger partial charge in [0.15, 0.2) is 0 Å². The number of nitrogens with zero attached hydrogens (tertiary/aromatic N) is 2. The quantitative estimate of drug-likeness (QED) is 0.524. The topological polar surface area (TPSA) is 52.7 Å². The van der Waals surface area contributed by atoms with Crippen LogP contribution in [-0.2, 0) is 9.59 Å². The molecule has 0 radical (unpaired) electrons. The third kappa shape index (κ3) is 9.34. The maximum absolute atomic E-state index is 10.8. The highest BCUT2D eigenvalue weighted by molar-refractivity contribution is 5.86. The number of amides is 2. The average molecular weight is 309 g/mol. The van der Waals surface area contributed by atoms with Crippen molar-refractivity contribution in [3.8, 4) is 0 Å². The summed E-state index contributed by atoms with van der Waals surface area (Å²) in [6.45, 7) is 16.2. The van der Waals surface area contributed by atoms with Crippen LogP contribution in [0.15, 0.2) is 25.4 Å². The third-order valence-corrected chi connectivity index (χ3v) is 3.61. The zero-order chi connectivity index (χ0) is 16.8. The van der Waals surface area contributed by atoms with Gasteiger partial charge in [-0.25, -0.2) is 0 Å². The van der Waals surface area contributed by atoms with Gasteiger partial charge in [0.25, 0.3) is 0 Å². The van der Waals surface area contributed by atoms with E-state index >= 15 is 0 Å². The number of hydrogen-bond acceptors (Lipinski definition) is 3. The van der Waals surface area contributed by atoms with E-state index in [9.17, 15) is 9.59 Å². The van der Waals surface area contributed by atoms with Gasteiger partial charge in [-0.15, -0.1) is 0 Å². The van der Waals surface area contributed by atoms with Gasteiger partial charge in [-0.1, -0.05) is 27.0 Å². The summed E-state index contributed by atoms with van der Waals surface area (Å²) < 4.78 is 0. The van der Waals surface area contributed by atoms with Gasteiger partial charge in [0, 0.05) is 19.5 Å². The molecule has 0 saturated carbocycles. The van der Waals surface area contributed by atoms with E-state index < -0.39 is 0 Å². The summed E-state index contributed by atoms with van der Waals surface area (Å²) in [5.41, 5.74) is 0. The van der Waals surface area contributed by atoms with Crippen molar-refractivity contribution >= 4 is 11.8 Å². The lowest BCUT2D eigenvalue weighted by molar-refractivity contribution is -0.125. The summed E-state index contributed by atoms with van der Waals surface area (Å²) in [6.07, 6.45) is 6.77. The van der Waals surface area contributed by atoms with Gasteiger partial charge in [0.05, 0.1) is 0 Å². The van der Waals surface area contributed by atoms with Crippen LogP contribution in [0.4, 0.5) is 0 Å². The molecule has 1 rings (SSSR count). The van der Waals surface area contributed by atoms with Gasteiger partial charge in [-0.05, 0) is 51.2 Å².